The average Bonchev–Trinajstić information content (AvgIpc) is 3.29. The van der Waals surface area contributed by atoms with Crippen molar-refractivity contribution >= 4 is 23.4 Å². The molecule has 4 rings (SSSR count). The second-order valence-electron chi connectivity index (χ2n) is 7.65. The van der Waals surface area contributed by atoms with E-state index in [4.69, 9.17) is 9.47 Å². The molecular weight excluding hydrogens is 448 g/mol. The number of hydrogen-bond donors (Lipinski definition) is 1. The van der Waals surface area contributed by atoms with Crippen molar-refractivity contribution in [1.29, 1.82) is 0 Å². The number of amides is 1. The maximum Gasteiger partial charge on any atom is 0.234 e. The Hall–Kier alpha value is -3.78. The normalized spacial score (nSPS) is 10.7. The van der Waals surface area contributed by atoms with Gasteiger partial charge in [-0.25, -0.2) is 0 Å². The van der Waals surface area contributed by atoms with Gasteiger partial charge in [-0.3, -0.25) is 9.36 Å². The first kappa shape index (κ1) is 23.4. The summed E-state index contributed by atoms with van der Waals surface area (Å²) in [4.78, 5) is 12.8. The van der Waals surface area contributed by atoms with Crippen LogP contribution in [0.2, 0.25) is 0 Å². The molecule has 0 aliphatic rings. The largest absolute Gasteiger partial charge is 0.493 e. The molecule has 0 saturated heterocycles. The Morgan fingerprint density at radius 1 is 0.912 bits per heavy atom. The molecular formula is C26H26N4O3S. The van der Waals surface area contributed by atoms with Crippen molar-refractivity contribution in [2.45, 2.75) is 19.0 Å². The molecule has 1 heterocycles. The van der Waals surface area contributed by atoms with Gasteiger partial charge in [-0.2, -0.15) is 0 Å². The van der Waals surface area contributed by atoms with Crippen molar-refractivity contribution in [3.8, 4) is 28.6 Å². The van der Waals surface area contributed by atoms with Crippen molar-refractivity contribution in [2.75, 3.05) is 25.3 Å². The van der Waals surface area contributed by atoms with Crippen LogP contribution < -0.4 is 14.8 Å². The number of rotatable bonds is 8. The third kappa shape index (κ3) is 4.92. The number of nitrogens with zero attached hydrogens (tertiary/aromatic N) is 3. The van der Waals surface area contributed by atoms with E-state index in [2.05, 4.69) is 15.5 Å². The maximum absolute atomic E-state index is 12.8. The molecule has 0 fully saturated rings. The number of aryl methyl sites for hydroxylation is 2. The first-order valence-electron chi connectivity index (χ1n) is 10.7. The van der Waals surface area contributed by atoms with Crippen molar-refractivity contribution in [3.63, 3.8) is 0 Å². The second kappa shape index (κ2) is 10.4. The second-order valence-corrected chi connectivity index (χ2v) is 8.59. The molecule has 0 aliphatic carbocycles. The highest BCUT2D eigenvalue weighted by Gasteiger charge is 2.19. The van der Waals surface area contributed by atoms with E-state index in [1.807, 2.05) is 85.1 Å². The molecule has 1 amide bonds. The number of anilines is 1. The fraction of sp³-hybridized carbons (Fsp3) is 0.192. The van der Waals surface area contributed by atoms with Gasteiger partial charge in [-0.15, -0.1) is 10.2 Å². The highest BCUT2D eigenvalue weighted by atomic mass is 32.2. The van der Waals surface area contributed by atoms with Gasteiger partial charge in [0, 0.05) is 17.3 Å². The molecule has 4 aromatic rings. The van der Waals surface area contributed by atoms with E-state index in [1.165, 1.54) is 11.8 Å². The first-order valence-corrected chi connectivity index (χ1v) is 11.7. The first-order chi connectivity index (χ1) is 16.5. The lowest BCUT2D eigenvalue weighted by atomic mass is 10.1. The van der Waals surface area contributed by atoms with Crippen LogP contribution in [-0.2, 0) is 4.79 Å². The molecule has 0 aliphatic heterocycles. The van der Waals surface area contributed by atoms with Crippen molar-refractivity contribution in [1.82, 2.24) is 14.8 Å². The van der Waals surface area contributed by atoms with Gasteiger partial charge in [0.25, 0.3) is 0 Å². The van der Waals surface area contributed by atoms with E-state index in [9.17, 15) is 4.79 Å². The zero-order chi connectivity index (χ0) is 24.1. The summed E-state index contributed by atoms with van der Waals surface area (Å²) in [5, 5.41) is 12.5. The number of carbonyl (C=O) groups excluding carboxylic acids is 1. The summed E-state index contributed by atoms with van der Waals surface area (Å²) in [7, 11) is 3.20. The Balaban J connectivity index is 1.65. The van der Waals surface area contributed by atoms with E-state index in [0.29, 0.717) is 22.5 Å². The van der Waals surface area contributed by atoms with Crippen LogP contribution in [0.1, 0.15) is 11.1 Å². The Morgan fingerprint density at radius 3 is 2.29 bits per heavy atom. The van der Waals surface area contributed by atoms with Crippen LogP contribution in [0.25, 0.3) is 17.1 Å². The number of benzene rings is 3. The molecule has 3 aromatic carbocycles. The lowest BCUT2D eigenvalue weighted by Crippen LogP contribution is -2.16. The molecule has 0 saturated carbocycles. The van der Waals surface area contributed by atoms with Crippen LogP contribution in [-0.4, -0.2) is 40.6 Å². The van der Waals surface area contributed by atoms with Gasteiger partial charge < -0.3 is 14.8 Å². The topological polar surface area (TPSA) is 78.3 Å². The predicted octanol–water partition coefficient (Wildman–Crippen LogP) is 5.30. The minimum Gasteiger partial charge on any atom is -0.493 e. The molecule has 1 aromatic heterocycles. The van der Waals surface area contributed by atoms with Gasteiger partial charge in [0.2, 0.25) is 5.91 Å². The van der Waals surface area contributed by atoms with Crippen molar-refractivity contribution < 1.29 is 14.3 Å². The SMILES string of the molecule is COc1ccc(-n2c(SCC(=O)Nc3c(C)cccc3C)nnc2-c2ccccc2)cc1OC. The molecule has 1 N–H and O–H groups in total. The number of ether oxygens (including phenoxy) is 2. The van der Waals surface area contributed by atoms with Gasteiger partial charge >= 0.3 is 0 Å². The average molecular weight is 475 g/mol. The number of thioether (sulfide) groups is 1. The smallest absolute Gasteiger partial charge is 0.234 e. The highest BCUT2D eigenvalue weighted by molar-refractivity contribution is 7.99. The fourth-order valence-corrected chi connectivity index (χ4v) is 4.40. The molecule has 0 unspecified atom stereocenters. The third-order valence-corrected chi connectivity index (χ3v) is 6.30. The minimum absolute atomic E-state index is 0.106. The number of nitrogens with one attached hydrogen (secondary N) is 1. The van der Waals surface area contributed by atoms with E-state index in [1.54, 1.807) is 14.2 Å². The van der Waals surface area contributed by atoms with Crippen LogP contribution in [0.15, 0.2) is 71.9 Å². The van der Waals surface area contributed by atoms with E-state index in [0.717, 1.165) is 28.1 Å². The molecule has 174 valence electrons. The number of para-hydroxylation sites is 1. The third-order valence-electron chi connectivity index (χ3n) is 5.37. The van der Waals surface area contributed by atoms with Gasteiger partial charge in [-0.05, 0) is 37.1 Å². The maximum atomic E-state index is 12.8. The molecule has 7 nitrogen and oxygen atoms in total. The molecule has 0 atom stereocenters. The summed E-state index contributed by atoms with van der Waals surface area (Å²) >= 11 is 1.33. The van der Waals surface area contributed by atoms with Gasteiger partial charge in [0.05, 0.1) is 25.7 Å². The van der Waals surface area contributed by atoms with Gasteiger partial charge in [-0.1, -0.05) is 60.3 Å². The van der Waals surface area contributed by atoms with Crippen LogP contribution in [0.5, 0.6) is 11.5 Å². The summed E-state index contributed by atoms with van der Waals surface area (Å²) in [6.07, 6.45) is 0. The standard InChI is InChI=1S/C26H26N4O3S/c1-17-9-8-10-18(2)24(17)27-23(31)16-34-26-29-28-25(19-11-6-5-7-12-19)30(26)20-13-14-21(32-3)22(15-20)33-4/h5-15H,16H2,1-4H3,(H,27,31). The van der Waals surface area contributed by atoms with Crippen molar-refractivity contribution in [2.24, 2.45) is 0 Å². The summed E-state index contributed by atoms with van der Waals surface area (Å²) in [6, 6.07) is 21.4. The van der Waals surface area contributed by atoms with Crippen LogP contribution in [0.3, 0.4) is 0 Å². The molecule has 0 bridgehead atoms. The Bertz CT molecular complexity index is 1280. The summed E-state index contributed by atoms with van der Waals surface area (Å²) in [6.45, 7) is 3.96. The van der Waals surface area contributed by atoms with Crippen LogP contribution in [0.4, 0.5) is 5.69 Å². The molecule has 34 heavy (non-hydrogen) atoms. The number of aromatic nitrogens is 3. The van der Waals surface area contributed by atoms with Crippen molar-refractivity contribution in [3.05, 3.63) is 77.9 Å². The zero-order valence-electron chi connectivity index (χ0n) is 19.5. The van der Waals surface area contributed by atoms with Crippen LogP contribution in [0, 0.1) is 13.8 Å². The molecule has 0 radical (unpaired) electrons. The number of hydrogen-bond acceptors (Lipinski definition) is 6. The van der Waals surface area contributed by atoms with E-state index < -0.39 is 0 Å². The summed E-state index contributed by atoms with van der Waals surface area (Å²) < 4.78 is 12.8. The number of carbonyl (C=O) groups is 1. The quantitative estimate of drug-likeness (QED) is 0.349. The van der Waals surface area contributed by atoms with Gasteiger partial charge in [0.1, 0.15) is 0 Å². The Kier molecular flexibility index (Phi) is 7.18. The van der Waals surface area contributed by atoms with Crippen LogP contribution >= 0.6 is 11.8 Å². The van der Waals surface area contributed by atoms with Gasteiger partial charge in [0.15, 0.2) is 22.5 Å². The lowest BCUT2D eigenvalue weighted by Gasteiger charge is -2.14. The Labute approximate surface area is 203 Å². The predicted molar refractivity (Wildman–Crippen MR) is 135 cm³/mol. The zero-order valence-corrected chi connectivity index (χ0v) is 20.3. The minimum atomic E-state index is -0.106. The van der Waals surface area contributed by atoms with E-state index in [-0.39, 0.29) is 11.7 Å². The highest BCUT2D eigenvalue weighted by Crippen LogP contribution is 2.33. The number of methoxy groups -OCH3 is 2. The fourth-order valence-electron chi connectivity index (χ4n) is 3.65. The Morgan fingerprint density at radius 2 is 1.62 bits per heavy atom. The monoisotopic (exact) mass is 474 g/mol. The lowest BCUT2D eigenvalue weighted by molar-refractivity contribution is -0.113. The summed E-state index contributed by atoms with van der Waals surface area (Å²) in [5.74, 6) is 1.98. The summed E-state index contributed by atoms with van der Waals surface area (Å²) in [5.41, 5.74) is 4.62. The van der Waals surface area contributed by atoms with E-state index >= 15 is 0 Å². The molecule has 0 spiro atoms. The molecule has 8 heteroatoms.